The summed E-state index contributed by atoms with van der Waals surface area (Å²) in [4.78, 5) is 39.4. The van der Waals surface area contributed by atoms with Crippen molar-refractivity contribution in [2.24, 2.45) is 5.92 Å². The van der Waals surface area contributed by atoms with Gasteiger partial charge in [-0.3, -0.25) is 9.63 Å². The molecule has 3 rings (SSSR count). The van der Waals surface area contributed by atoms with Crippen molar-refractivity contribution >= 4 is 18.0 Å². The van der Waals surface area contributed by atoms with E-state index in [0.717, 1.165) is 22.3 Å². The summed E-state index contributed by atoms with van der Waals surface area (Å²) >= 11 is 0. The molecular formula is C23H26N2O6. The van der Waals surface area contributed by atoms with Gasteiger partial charge in [0.25, 0.3) is 0 Å². The van der Waals surface area contributed by atoms with Crippen molar-refractivity contribution < 1.29 is 29.1 Å². The normalized spacial score (nSPS) is 13.3. The van der Waals surface area contributed by atoms with Crippen molar-refractivity contribution in [3.05, 3.63) is 59.7 Å². The van der Waals surface area contributed by atoms with Crippen LogP contribution in [0.4, 0.5) is 4.79 Å². The SMILES string of the molecule is CC(C)[C@H](CC(=O)NOCC(=O)O)NC(=O)OCC1c2ccccc2-c2ccccc21. The van der Waals surface area contributed by atoms with Crippen LogP contribution in [0.15, 0.2) is 48.5 Å². The van der Waals surface area contributed by atoms with Crippen molar-refractivity contribution in [3.63, 3.8) is 0 Å². The van der Waals surface area contributed by atoms with Gasteiger partial charge in [0.15, 0.2) is 6.61 Å². The third-order valence-electron chi connectivity index (χ3n) is 5.24. The molecule has 0 aromatic heterocycles. The number of carbonyl (C=O) groups excluding carboxylic acids is 2. The number of hydrogen-bond acceptors (Lipinski definition) is 5. The highest BCUT2D eigenvalue weighted by Gasteiger charge is 2.29. The van der Waals surface area contributed by atoms with Gasteiger partial charge in [0.2, 0.25) is 5.91 Å². The highest BCUT2D eigenvalue weighted by molar-refractivity contribution is 5.79. The van der Waals surface area contributed by atoms with E-state index in [-0.39, 0.29) is 24.9 Å². The number of benzene rings is 2. The Morgan fingerprint density at radius 1 is 1.00 bits per heavy atom. The van der Waals surface area contributed by atoms with Gasteiger partial charge in [-0.15, -0.1) is 0 Å². The average Bonchev–Trinajstić information content (AvgIpc) is 3.05. The fraction of sp³-hybridized carbons (Fsp3) is 0.348. The predicted molar refractivity (Wildman–Crippen MR) is 113 cm³/mol. The van der Waals surface area contributed by atoms with Crippen LogP contribution in [0.2, 0.25) is 0 Å². The van der Waals surface area contributed by atoms with Crippen LogP contribution in [-0.4, -0.2) is 42.3 Å². The van der Waals surface area contributed by atoms with Crippen LogP contribution in [0.5, 0.6) is 0 Å². The second-order valence-electron chi connectivity index (χ2n) is 7.73. The van der Waals surface area contributed by atoms with E-state index in [1.807, 2.05) is 50.2 Å². The van der Waals surface area contributed by atoms with Gasteiger partial charge in [0.05, 0.1) is 0 Å². The minimum Gasteiger partial charge on any atom is -0.479 e. The number of hydroxylamine groups is 1. The minimum atomic E-state index is -1.20. The quantitative estimate of drug-likeness (QED) is 0.531. The molecule has 0 fully saturated rings. The van der Waals surface area contributed by atoms with Crippen LogP contribution in [0, 0.1) is 5.92 Å². The zero-order chi connectivity index (χ0) is 22.4. The molecule has 0 saturated carbocycles. The Morgan fingerprint density at radius 2 is 1.58 bits per heavy atom. The Kier molecular flexibility index (Phi) is 7.25. The van der Waals surface area contributed by atoms with Crippen molar-refractivity contribution in [1.82, 2.24) is 10.8 Å². The number of fused-ring (bicyclic) bond motifs is 3. The largest absolute Gasteiger partial charge is 0.479 e. The molecule has 3 N–H and O–H groups in total. The number of carbonyl (C=O) groups is 3. The molecule has 164 valence electrons. The van der Waals surface area contributed by atoms with E-state index < -0.39 is 30.6 Å². The molecule has 2 amide bonds. The van der Waals surface area contributed by atoms with Crippen molar-refractivity contribution in [2.75, 3.05) is 13.2 Å². The molecular weight excluding hydrogens is 400 g/mol. The molecule has 0 aliphatic heterocycles. The highest BCUT2D eigenvalue weighted by Crippen LogP contribution is 2.44. The van der Waals surface area contributed by atoms with E-state index in [1.165, 1.54) is 0 Å². The Balaban J connectivity index is 1.57. The summed E-state index contributed by atoms with van der Waals surface area (Å²) in [6, 6.07) is 15.6. The third-order valence-corrected chi connectivity index (χ3v) is 5.24. The molecule has 1 aliphatic rings. The summed E-state index contributed by atoms with van der Waals surface area (Å²) in [6.07, 6.45) is -0.679. The fourth-order valence-corrected chi connectivity index (χ4v) is 3.66. The standard InChI is InChI=1S/C23H26N2O6/c1-14(2)20(11-21(26)25-31-13-22(27)28)24-23(29)30-12-19-17-9-5-3-7-15(17)16-8-4-6-10-18(16)19/h3-10,14,19-20H,11-13H2,1-2H3,(H,24,29)(H,25,26)(H,27,28)/t20-/m0/s1. The highest BCUT2D eigenvalue weighted by atomic mass is 16.7. The molecule has 1 aliphatic carbocycles. The second-order valence-corrected chi connectivity index (χ2v) is 7.73. The van der Waals surface area contributed by atoms with Gasteiger partial charge in [0.1, 0.15) is 6.61 Å². The molecule has 8 nitrogen and oxygen atoms in total. The summed E-state index contributed by atoms with van der Waals surface area (Å²) in [5.74, 6) is -1.83. The van der Waals surface area contributed by atoms with Crippen molar-refractivity contribution in [1.29, 1.82) is 0 Å². The number of nitrogens with one attached hydrogen (secondary N) is 2. The maximum Gasteiger partial charge on any atom is 0.407 e. The lowest BCUT2D eigenvalue weighted by molar-refractivity contribution is -0.149. The molecule has 2 aromatic rings. The topological polar surface area (TPSA) is 114 Å². The predicted octanol–water partition coefficient (Wildman–Crippen LogP) is 3.07. The lowest BCUT2D eigenvalue weighted by Crippen LogP contribution is -2.43. The number of carboxylic acids is 1. The number of carboxylic acid groups (broad SMARTS) is 1. The molecule has 0 unspecified atom stereocenters. The van der Waals surface area contributed by atoms with Gasteiger partial charge in [-0.05, 0) is 28.2 Å². The van der Waals surface area contributed by atoms with Crippen LogP contribution < -0.4 is 10.8 Å². The molecule has 0 spiro atoms. The summed E-state index contributed by atoms with van der Waals surface area (Å²) in [7, 11) is 0. The first-order chi connectivity index (χ1) is 14.9. The fourth-order valence-electron chi connectivity index (χ4n) is 3.66. The summed E-state index contributed by atoms with van der Waals surface area (Å²) < 4.78 is 5.52. The number of hydrogen-bond donors (Lipinski definition) is 3. The first-order valence-corrected chi connectivity index (χ1v) is 10.1. The second kappa shape index (κ2) is 10.1. The smallest absolute Gasteiger partial charge is 0.407 e. The maximum atomic E-state index is 12.4. The van der Waals surface area contributed by atoms with Crippen LogP contribution in [-0.2, 0) is 19.2 Å². The first kappa shape index (κ1) is 22.3. The van der Waals surface area contributed by atoms with Gasteiger partial charge >= 0.3 is 12.1 Å². The lowest BCUT2D eigenvalue weighted by Gasteiger charge is -2.22. The van der Waals surface area contributed by atoms with E-state index in [0.29, 0.717) is 0 Å². The van der Waals surface area contributed by atoms with Crippen molar-refractivity contribution in [3.8, 4) is 11.1 Å². The van der Waals surface area contributed by atoms with E-state index >= 15 is 0 Å². The van der Waals surface area contributed by atoms with Gasteiger partial charge in [-0.2, -0.15) is 0 Å². The Bertz CT molecular complexity index is 913. The number of aliphatic carboxylic acids is 1. The Hall–Kier alpha value is -3.39. The first-order valence-electron chi connectivity index (χ1n) is 10.1. The molecule has 0 heterocycles. The average molecular weight is 426 g/mol. The molecule has 1 atom stereocenters. The van der Waals surface area contributed by atoms with Gasteiger partial charge < -0.3 is 15.2 Å². The van der Waals surface area contributed by atoms with Gasteiger partial charge in [-0.25, -0.2) is 15.1 Å². The van der Waals surface area contributed by atoms with Crippen LogP contribution in [0.25, 0.3) is 11.1 Å². The van der Waals surface area contributed by atoms with Crippen molar-refractivity contribution in [2.45, 2.75) is 32.2 Å². The lowest BCUT2D eigenvalue weighted by atomic mass is 9.98. The molecule has 0 saturated heterocycles. The van der Waals surface area contributed by atoms with Gasteiger partial charge in [0, 0.05) is 18.4 Å². The molecule has 8 heteroatoms. The molecule has 0 radical (unpaired) electrons. The Labute approximate surface area is 180 Å². The van der Waals surface area contributed by atoms with E-state index in [4.69, 9.17) is 9.84 Å². The zero-order valence-electron chi connectivity index (χ0n) is 17.5. The Morgan fingerprint density at radius 3 is 2.13 bits per heavy atom. The van der Waals surface area contributed by atoms with E-state index in [2.05, 4.69) is 27.8 Å². The number of alkyl carbamates (subject to hydrolysis) is 1. The molecule has 0 bridgehead atoms. The molecule has 31 heavy (non-hydrogen) atoms. The summed E-state index contributed by atoms with van der Waals surface area (Å²) in [5, 5.41) is 11.3. The van der Waals surface area contributed by atoms with E-state index in [9.17, 15) is 14.4 Å². The molecule has 2 aromatic carbocycles. The maximum absolute atomic E-state index is 12.4. The van der Waals surface area contributed by atoms with Crippen LogP contribution in [0.3, 0.4) is 0 Å². The van der Waals surface area contributed by atoms with Crippen LogP contribution in [0.1, 0.15) is 37.3 Å². The van der Waals surface area contributed by atoms with Gasteiger partial charge in [-0.1, -0.05) is 62.4 Å². The number of rotatable bonds is 9. The number of amides is 2. The number of ether oxygens (including phenoxy) is 1. The minimum absolute atomic E-state index is 0.0503. The van der Waals surface area contributed by atoms with Crippen LogP contribution >= 0.6 is 0 Å². The summed E-state index contributed by atoms with van der Waals surface area (Å²) in [6.45, 7) is 3.26. The van der Waals surface area contributed by atoms with E-state index in [1.54, 1.807) is 0 Å². The zero-order valence-corrected chi connectivity index (χ0v) is 17.5. The monoisotopic (exact) mass is 426 g/mol. The third kappa shape index (κ3) is 5.61. The summed E-state index contributed by atoms with van der Waals surface area (Å²) in [5.41, 5.74) is 6.58.